The number of hydrogen-bond donors (Lipinski definition) is 7. The third-order valence-corrected chi connectivity index (χ3v) is 6.69. The lowest BCUT2D eigenvalue weighted by molar-refractivity contribution is 0.127. The van der Waals surface area contributed by atoms with Crippen LogP contribution in [-0.2, 0) is 9.13 Å². The van der Waals surface area contributed by atoms with E-state index in [-0.39, 0.29) is 13.0 Å². The van der Waals surface area contributed by atoms with Crippen LogP contribution in [-0.4, -0.2) is 41.6 Å². The van der Waals surface area contributed by atoms with Crippen molar-refractivity contribution in [1.82, 2.24) is 0 Å². The third kappa shape index (κ3) is 3.03. The van der Waals surface area contributed by atoms with E-state index in [1.54, 1.807) is 0 Å². The molecule has 0 amide bonds. The van der Waals surface area contributed by atoms with Crippen molar-refractivity contribution >= 4 is 27.8 Å². The standard InChI is InChI=1S/C4H13NO7P2S/c5-2-1-3(15)4(6,13(7,8)9)14(10,11)12/h3,6,15H,1-2,5H2,(H2,7,8,9)(H2,10,11,12). The Kier molecular flexibility index (Phi) is 5.01. The van der Waals surface area contributed by atoms with Gasteiger partial charge in [0.1, 0.15) is 0 Å². The number of hydrogen-bond acceptors (Lipinski definition) is 5. The topological polar surface area (TPSA) is 161 Å². The van der Waals surface area contributed by atoms with E-state index >= 15 is 0 Å². The van der Waals surface area contributed by atoms with Gasteiger partial charge in [-0.2, -0.15) is 12.6 Å². The maximum absolute atomic E-state index is 10.9. The van der Waals surface area contributed by atoms with Gasteiger partial charge < -0.3 is 30.4 Å². The van der Waals surface area contributed by atoms with E-state index in [9.17, 15) is 14.2 Å². The Hall–Kier alpha value is 0.570. The molecular weight excluding hydrogens is 268 g/mol. The van der Waals surface area contributed by atoms with Crippen molar-refractivity contribution in [1.29, 1.82) is 0 Å². The highest BCUT2D eigenvalue weighted by atomic mass is 32.1. The summed E-state index contributed by atoms with van der Waals surface area (Å²) in [4.78, 5) is 35.0. The van der Waals surface area contributed by atoms with E-state index in [4.69, 9.17) is 25.3 Å². The first-order chi connectivity index (χ1) is 6.48. The second kappa shape index (κ2) is 4.83. The Morgan fingerprint density at radius 3 is 1.73 bits per heavy atom. The summed E-state index contributed by atoms with van der Waals surface area (Å²) in [5, 5.41) is 4.31. The van der Waals surface area contributed by atoms with E-state index < -0.39 is 25.5 Å². The van der Waals surface area contributed by atoms with Gasteiger partial charge in [-0.15, -0.1) is 0 Å². The molecule has 0 aliphatic heterocycles. The van der Waals surface area contributed by atoms with Crippen molar-refractivity contribution < 1.29 is 33.8 Å². The molecule has 0 aromatic rings. The monoisotopic (exact) mass is 281 g/mol. The van der Waals surface area contributed by atoms with Crippen molar-refractivity contribution in [2.75, 3.05) is 6.54 Å². The van der Waals surface area contributed by atoms with Gasteiger partial charge >= 0.3 is 15.2 Å². The molecule has 1 unspecified atom stereocenters. The lowest BCUT2D eigenvalue weighted by Crippen LogP contribution is -2.39. The highest BCUT2D eigenvalue weighted by Gasteiger charge is 2.62. The number of rotatable bonds is 5. The molecule has 1 atom stereocenters. The minimum absolute atomic E-state index is 0.128. The lowest BCUT2D eigenvalue weighted by atomic mass is 10.3. The minimum atomic E-state index is -5.43. The molecule has 0 aromatic heterocycles. The zero-order valence-corrected chi connectivity index (χ0v) is 10.1. The fraction of sp³-hybridized carbons (Fsp3) is 1.00. The molecule has 0 fully saturated rings. The van der Waals surface area contributed by atoms with Crippen molar-refractivity contribution in [3.8, 4) is 0 Å². The van der Waals surface area contributed by atoms with Gasteiger partial charge in [0.2, 0.25) is 0 Å². The molecule has 0 radical (unpaired) electrons. The van der Waals surface area contributed by atoms with Crippen LogP contribution in [0.25, 0.3) is 0 Å². The van der Waals surface area contributed by atoms with E-state index in [0.29, 0.717) is 0 Å². The largest absolute Gasteiger partial charge is 0.370 e. The molecule has 0 saturated heterocycles. The van der Waals surface area contributed by atoms with Gasteiger partial charge in [-0.05, 0) is 13.0 Å². The second-order valence-corrected chi connectivity index (χ2v) is 7.38. The van der Waals surface area contributed by atoms with E-state index in [2.05, 4.69) is 12.6 Å². The molecule has 0 bridgehead atoms. The summed E-state index contributed by atoms with van der Waals surface area (Å²) >= 11 is 3.56. The Morgan fingerprint density at radius 1 is 1.20 bits per heavy atom. The van der Waals surface area contributed by atoms with Gasteiger partial charge in [-0.25, -0.2) is 0 Å². The molecule has 92 valence electrons. The van der Waals surface area contributed by atoms with Crippen molar-refractivity contribution in [3.63, 3.8) is 0 Å². The molecule has 15 heavy (non-hydrogen) atoms. The molecule has 0 spiro atoms. The average Bonchev–Trinajstić information content (AvgIpc) is 1.99. The van der Waals surface area contributed by atoms with Crippen LogP contribution < -0.4 is 5.73 Å². The number of thiol groups is 1. The van der Waals surface area contributed by atoms with Crippen LogP contribution in [0.15, 0.2) is 0 Å². The lowest BCUT2D eigenvalue weighted by Gasteiger charge is -2.33. The zero-order chi connectivity index (χ0) is 12.5. The molecule has 7 N–H and O–H groups in total. The molecule has 8 nitrogen and oxygen atoms in total. The first kappa shape index (κ1) is 15.6. The maximum atomic E-state index is 10.9. The van der Waals surface area contributed by atoms with Gasteiger partial charge in [-0.3, -0.25) is 9.13 Å². The van der Waals surface area contributed by atoms with Crippen LogP contribution in [0.3, 0.4) is 0 Å². The smallest absolute Gasteiger partial charge is 0.367 e. The van der Waals surface area contributed by atoms with Gasteiger partial charge in [0.05, 0.1) is 5.25 Å². The highest BCUT2D eigenvalue weighted by molar-refractivity contribution is 7.83. The molecule has 0 saturated carbocycles. The summed E-state index contributed by atoms with van der Waals surface area (Å²) in [5.41, 5.74) is 5.05. The number of nitrogens with two attached hydrogens (primary N) is 1. The van der Waals surface area contributed by atoms with Crippen LogP contribution in [0.4, 0.5) is 0 Å². The van der Waals surface area contributed by atoms with Gasteiger partial charge in [0.15, 0.2) is 0 Å². The fourth-order valence-corrected chi connectivity index (χ4v) is 4.35. The Morgan fingerprint density at radius 2 is 1.53 bits per heavy atom. The maximum Gasteiger partial charge on any atom is 0.370 e. The second-order valence-electron chi connectivity index (χ2n) is 2.87. The van der Waals surface area contributed by atoms with Crippen molar-refractivity contribution in [2.24, 2.45) is 5.73 Å². The zero-order valence-electron chi connectivity index (χ0n) is 7.46. The summed E-state index contributed by atoms with van der Waals surface area (Å²) in [6.45, 7) is -0.128. The predicted molar refractivity (Wildman–Crippen MR) is 55.5 cm³/mol. The van der Waals surface area contributed by atoms with E-state index in [1.807, 2.05) is 0 Å². The summed E-state index contributed by atoms with van der Waals surface area (Å²) in [6.07, 6.45) is -0.254. The van der Waals surface area contributed by atoms with Crippen LogP contribution in [0.5, 0.6) is 0 Å². The van der Waals surface area contributed by atoms with Crippen LogP contribution in [0, 0.1) is 0 Å². The Labute approximate surface area is 91.2 Å². The fourth-order valence-electron chi connectivity index (χ4n) is 0.909. The molecule has 0 aromatic carbocycles. The minimum Gasteiger partial charge on any atom is -0.367 e. The van der Waals surface area contributed by atoms with Crippen molar-refractivity contribution in [3.05, 3.63) is 0 Å². The van der Waals surface area contributed by atoms with Gasteiger partial charge in [-0.1, -0.05) is 0 Å². The number of aliphatic hydroxyl groups is 1. The van der Waals surface area contributed by atoms with Crippen LogP contribution in [0.2, 0.25) is 0 Å². The van der Waals surface area contributed by atoms with E-state index in [1.165, 1.54) is 0 Å². The van der Waals surface area contributed by atoms with E-state index in [0.717, 1.165) is 0 Å². The van der Waals surface area contributed by atoms with Crippen LogP contribution >= 0.6 is 27.8 Å². The SMILES string of the molecule is NCCC(S)C(O)(P(=O)(O)O)P(=O)(O)O. The van der Waals surface area contributed by atoms with Crippen molar-refractivity contribution in [2.45, 2.75) is 16.8 Å². The van der Waals surface area contributed by atoms with Gasteiger partial charge in [0, 0.05) is 0 Å². The van der Waals surface area contributed by atoms with Gasteiger partial charge in [0.25, 0.3) is 5.08 Å². The molecule has 0 rings (SSSR count). The molecule has 0 aliphatic rings. The summed E-state index contributed by atoms with van der Waals surface area (Å²) < 4.78 is 21.8. The summed E-state index contributed by atoms with van der Waals surface area (Å²) in [7, 11) is -10.9. The first-order valence-electron chi connectivity index (χ1n) is 3.70. The Bertz CT molecular complexity index is 288. The molecule has 11 heteroatoms. The predicted octanol–water partition coefficient (Wildman–Crippen LogP) is -1.36. The highest BCUT2D eigenvalue weighted by Crippen LogP contribution is 2.70. The molecule has 0 heterocycles. The third-order valence-electron chi connectivity index (χ3n) is 1.74. The molecule has 0 aliphatic carbocycles. The quantitative estimate of drug-likeness (QED) is 0.240. The normalized spacial score (nSPS) is 16.5. The average molecular weight is 281 g/mol. The van der Waals surface area contributed by atoms with Crippen LogP contribution in [0.1, 0.15) is 6.42 Å². The Balaban J connectivity index is 5.43. The summed E-state index contributed by atoms with van der Waals surface area (Å²) in [6, 6.07) is 0. The summed E-state index contributed by atoms with van der Waals surface area (Å²) in [5.74, 6) is 0. The molecular formula is C4H13NO7P2S. The first-order valence-corrected chi connectivity index (χ1v) is 7.44.